The van der Waals surface area contributed by atoms with Crippen molar-refractivity contribution in [2.75, 3.05) is 39.6 Å². The summed E-state index contributed by atoms with van der Waals surface area (Å²) in [5.74, 6) is -6.58. The van der Waals surface area contributed by atoms with Crippen molar-refractivity contribution in [3.05, 3.63) is 0 Å². The molecule has 1 atom stereocenters. The first-order valence-corrected chi connectivity index (χ1v) is 8.45. The second kappa shape index (κ2) is 12.5. The van der Waals surface area contributed by atoms with E-state index in [1.54, 1.807) is 0 Å². The van der Waals surface area contributed by atoms with Crippen LogP contribution in [0.4, 0.5) is 17.6 Å². The van der Waals surface area contributed by atoms with Gasteiger partial charge in [-0.2, -0.15) is 0 Å². The highest BCUT2D eigenvalue weighted by Crippen LogP contribution is 2.16. The topological polar surface area (TPSA) is 57.2 Å². The van der Waals surface area contributed by atoms with Crippen LogP contribution in [0.3, 0.4) is 0 Å². The molecule has 0 spiro atoms. The van der Waals surface area contributed by atoms with Gasteiger partial charge in [-0.05, 0) is 30.9 Å². The van der Waals surface area contributed by atoms with Crippen LogP contribution in [0.5, 0.6) is 0 Å². The zero-order valence-corrected chi connectivity index (χ0v) is 16.3. The number of halogens is 4. The number of hydrogen-bond acceptors (Lipinski definition) is 7. The minimum Gasteiger partial charge on any atom is -0.472 e. The van der Waals surface area contributed by atoms with Crippen LogP contribution < -0.4 is 0 Å². The summed E-state index contributed by atoms with van der Waals surface area (Å²) in [6.07, 6.45) is -1.23. The molecule has 148 valence electrons. The highest BCUT2D eigenvalue weighted by Gasteiger charge is 2.32. The zero-order chi connectivity index (χ0) is 19.5. The second-order valence-corrected chi connectivity index (χ2v) is 6.99. The first-order chi connectivity index (χ1) is 11.4. The number of thiol groups is 2. The van der Waals surface area contributed by atoms with Crippen LogP contribution in [0.2, 0.25) is 0 Å². The fourth-order valence-corrected chi connectivity index (χ4v) is 1.53. The van der Waals surface area contributed by atoms with E-state index in [2.05, 4.69) is 63.9 Å². The highest BCUT2D eigenvalue weighted by molar-refractivity contribution is 8.10. The fourth-order valence-electron chi connectivity index (χ4n) is 1.29. The van der Waals surface area contributed by atoms with Crippen molar-refractivity contribution in [2.45, 2.75) is 24.4 Å². The van der Waals surface area contributed by atoms with Gasteiger partial charge in [0.05, 0.1) is 12.7 Å². The van der Waals surface area contributed by atoms with Gasteiger partial charge in [-0.15, -0.1) is 0 Å². The van der Waals surface area contributed by atoms with E-state index in [4.69, 9.17) is 4.74 Å². The Hall–Kier alpha value is 0.0800. The molecule has 0 aliphatic carbocycles. The van der Waals surface area contributed by atoms with Crippen molar-refractivity contribution in [1.82, 2.24) is 0 Å². The number of hydrogen-bond donors (Lipinski definition) is 3. The molecule has 13 heteroatoms. The summed E-state index contributed by atoms with van der Waals surface area (Å²) in [4.78, 5) is 0. The lowest BCUT2D eigenvalue weighted by atomic mass is 10.3. The van der Waals surface area contributed by atoms with Gasteiger partial charge >= 0.3 is 11.8 Å². The molecular weight excluding hydrogens is 428 g/mol. The summed E-state index contributed by atoms with van der Waals surface area (Å²) < 4.78 is 70.5. The Bertz CT molecular complexity index is 428. The molecule has 0 fully saturated rings. The Kier molecular flexibility index (Phi) is 12.5. The van der Waals surface area contributed by atoms with Gasteiger partial charge in [0.25, 0.3) is 0 Å². The Morgan fingerprint density at radius 2 is 1.32 bits per heavy atom. The molecular formula is C12H18F4O5S4. The molecule has 1 unspecified atom stereocenters. The molecule has 0 aromatic carbocycles. The van der Waals surface area contributed by atoms with Crippen LogP contribution in [0.25, 0.3) is 0 Å². The van der Waals surface area contributed by atoms with Crippen molar-refractivity contribution in [3.63, 3.8) is 0 Å². The van der Waals surface area contributed by atoms with Gasteiger partial charge in [0.2, 0.25) is 8.77 Å². The molecule has 0 aliphatic rings. The lowest BCUT2D eigenvalue weighted by Gasteiger charge is -2.19. The Labute approximate surface area is 164 Å². The van der Waals surface area contributed by atoms with Crippen molar-refractivity contribution < 1.29 is 41.6 Å². The van der Waals surface area contributed by atoms with Crippen LogP contribution in [0, 0.1) is 0 Å². The van der Waals surface area contributed by atoms with E-state index >= 15 is 0 Å². The Morgan fingerprint density at radius 1 is 0.880 bits per heavy atom. The molecule has 0 rings (SSSR count). The maximum Gasteiger partial charge on any atom is 0.304 e. The minimum absolute atomic E-state index is 0.0787. The maximum atomic E-state index is 13.2. The third-order valence-corrected chi connectivity index (χ3v) is 2.84. The summed E-state index contributed by atoms with van der Waals surface area (Å²) in [6, 6.07) is 0. The summed E-state index contributed by atoms with van der Waals surface area (Å²) in [5, 5.41) is 9.52. The SMILES string of the molecule is OC(CCOCC(F)(F)COC(=S)S)COCC(F)(F)COC(=S)S. The summed E-state index contributed by atoms with van der Waals surface area (Å²) in [6.45, 7) is -4.57. The summed E-state index contributed by atoms with van der Waals surface area (Å²) in [7, 11) is 0. The maximum absolute atomic E-state index is 13.2. The molecule has 0 aromatic heterocycles. The molecule has 1 N–H and O–H groups in total. The molecule has 25 heavy (non-hydrogen) atoms. The van der Waals surface area contributed by atoms with Gasteiger partial charge < -0.3 is 24.1 Å². The van der Waals surface area contributed by atoms with Crippen molar-refractivity contribution in [2.24, 2.45) is 0 Å². The van der Waals surface area contributed by atoms with Crippen molar-refractivity contribution in [1.29, 1.82) is 0 Å². The van der Waals surface area contributed by atoms with E-state index in [9.17, 15) is 22.7 Å². The Morgan fingerprint density at radius 3 is 1.76 bits per heavy atom. The standard InChI is InChI=1S/C12H18F4O5S4/c13-11(14,6-20-9(22)23)4-18-2-1-8(17)3-19-5-12(15,16)7-21-10(24)25/h8,17H,1-7H2,(H,22,23)(H,24,25). The molecule has 5 nitrogen and oxygen atoms in total. The summed E-state index contributed by atoms with van der Waals surface area (Å²) >= 11 is 15.8. The summed E-state index contributed by atoms with van der Waals surface area (Å²) in [5.41, 5.74) is 0. The predicted molar refractivity (Wildman–Crippen MR) is 97.2 cm³/mol. The quantitative estimate of drug-likeness (QED) is 0.174. The van der Waals surface area contributed by atoms with Crippen molar-refractivity contribution >= 4 is 58.5 Å². The number of rotatable bonds is 13. The average Bonchev–Trinajstić information content (AvgIpc) is 2.48. The molecule has 0 aliphatic heterocycles. The third-order valence-electron chi connectivity index (χ3n) is 2.35. The normalized spacial score (nSPS) is 13.4. The van der Waals surface area contributed by atoms with Gasteiger partial charge in [0.1, 0.15) is 13.2 Å². The molecule has 0 bridgehead atoms. The lowest BCUT2D eigenvalue weighted by molar-refractivity contribution is -0.119. The number of thiocarbonyl (C=S) groups is 2. The molecule has 0 heterocycles. The van der Waals surface area contributed by atoms with E-state index in [1.165, 1.54) is 0 Å². The van der Waals surface area contributed by atoms with Gasteiger partial charge in [-0.1, -0.05) is 25.3 Å². The van der Waals surface area contributed by atoms with Crippen LogP contribution >= 0.6 is 49.7 Å². The molecule has 0 saturated heterocycles. The van der Waals surface area contributed by atoms with E-state index in [0.29, 0.717) is 0 Å². The first-order valence-electron chi connectivity index (χ1n) is 6.74. The van der Waals surface area contributed by atoms with Gasteiger partial charge in [-0.3, -0.25) is 0 Å². The molecule has 0 radical (unpaired) electrons. The van der Waals surface area contributed by atoms with Gasteiger partial charge in [0, 0.05) is 6.61 Å². The number of alkyl halides is 4. The second-order valence-electron chi connectivity index (χ2n) is 4.83. The molecule has 0 aromatic rings. The first kappa shape index (κ1) is 25.1. The smallest absolute Gasteiger partial charge is 0.304 e. The predicted octanol–water partition coefficient (Wildman–Crippen LogP) is 2.50. The highest BCUT2D eigenvalue weighted by atomic mass is 32.1. The van der Waals surface area contributed by atoms with Crippen LogP contribution in [0.1, 0.15) is 6.42 Å². The zero-order valence-electron chi connectivity index (χ0n) is 12.8. The third kappa shape index (κ3) is 16.0. The molecule has 0 amide bonds. The monoisotopic (exact) mass is 446 g/mol. The van der Waals surface area contributed by atoms with E-state index in [0.717, 1.165) is 0 Å². The van der Waals surface area contributed by atoms with Crippen molar-refractivity contribution in [3.8, 4) is 0 Å². The van der Waals surface area contributed by atoms with E-state index in [-0.39, 0.29) is 21.8 Å². The minimum atomic E-state index is -3.31. The van der Waals surface area contributed by atoms with Gasteiger partial charge in [0.15, 0.2) is 13.2 Å². The number of ether oxygens (including phenoxy) is 4. The Balaban J connectivity index is 3.81. The van der Waals surface area contributed by atoms with Crippen LogP contribution in [-0.4, -0.2) is 71.5 Å². The number of aliphatic hydroxyl groups is 1. The number of aliphatic hydroxyl groups excluding tert-OH is 1. The van der Waals surface area contributed by atoms with Crippen LogP contribution in [-0.2, 0) is 18.9 Å². The molecule has 0 saturated carbocycles. The fraction of sp³-hybridized carbons (Fsp3) is 0.833. The van der Waals surface area contributed by atoms with E-state index in [1.807, 2.05) is 0 Å². The largest absolute Gasteiger partial charge is 0.472 e. The van der Waals surface area contributed by atoms with Crippen LogP contribution in [0.15, 0.2) is 0 Å². The van der Waals surface area contributed by atoms with Gasteiger partial charge in [-0.25, -0.2) is 17.6 Å². The average molecular weight is 447 g/mol. The lowest BCUT2D eigenvalue weighted by Crippen LogP contribution is -2.33. The van der Waals surface area contributed by atoms with E-state index < -0.39 is 51.0 Å².